The maximum Gasteiger partial charge on any atom is 0.223 e. The van der Waals surface area contributed by atoms with Gasteiger partial charge in [0.25, 0.3) is 0 Å². The molecule has 0 radical (unpaired) electrons. The fourth-order valence-electron chi connectivity index (χ4n) is 1.17. The van der Waals surface area contributed by atoms with Crippen LogP contribution in [0.15, 0.2) is 17.0 Å². The Balaban J connectivity index is 2.10. The van der Waals surface area contributed by atoms with E-state index < -0.39 is 0 Å². The highest BCUT2D eigenvalue weighted by molar-refractivity contribution is 4.97. The molecular weight excluding hydrogens is 182 g/mol. The molecule has 0 bridgehead atoms. The second-order valence-corrected chi connectivity index (χ2v) is 2.97. The van der Waals surface area contributed by atoms with Crippen LogP contribution in [0, 0.1) is 6.92 Å². The molecule has 0 spiro atoms. The summed E-state index contributed by atoms with van der Waals surface area (Å²) in [6, 6.07) is 0. The highest BCUT2D eigenvalue weighted by Crippen LogP contribution is 2.00. The third-order valence-electron chi connectivity index (χ3n) is 1.79. The Morgan fingerprint density at radius 3 is 3.00 bits per heavy atom. The Labute approximate surface area is 80.7 Å². The molecule has 0 fully saturated rings. The van der Waals surface area contributed by atoms with Gasteiger partial charge in [-0.25, -0.2) is 4.98 Å². The molecule has 2 aromatic heterocycles. The summed E-state index contributed by atoms with van der Waals surface area (Å²) in [6.45, 7) is 2.76. The molecule has 0 aliphatic rings. The van der Waals surface area contributed by atoms with Crippen LogP contribution in [0.5, 0.6) is 0 Å². The number of nitrogens with zero attached hydrogens (tertiary/aromatic N) is 4. The molecule has 14 heavy (non-hydrogen) atoms. The van der Waals surface area contributed by atoms with Crippen LogP contribution in [0.3, 0.4) is 0 Å². The monoisotopic (exact) mass is 193 g/mol. The Bertz CT molecular complexity index is 419. The van der Waals surface area contributed by atoms with Crippen molar-refractivity contribution in [2.24, 2.45) is 5.73 Å². The van der Waals surface area contributed by atoms with Crippen LogP contribution in [0.25, 0.3) is 0 Å². The molecule has 0 aliphatic heterocycles. The largest absolute Gasteiger partial charge is 0.340 e. The third-order valence-corrected chi connectivity index (χ3v) is 1.79. The van der Waals surface area contributed by atoms with E-state index >= 15 is 0 Å². The van der Waals surface area contributed by atoms with E-state index in [-0.39, 0.29) is 0 Å². The first-order valence-corrected chi connectivity index (χ1v) is 4.28. The van der Waals surface area contributed by atoms with Gasteiger partial charge in [0.2, 0.25) is 5.89 Å². The van der Waals surface area contributed by atoms with Crippen LogP contribution in [0.4, 0.5) is 0 Å². The predicted octanol–water partition coefficient (Wildman–Crippen LogP) is 0.0815. The summed E-state index contributed by atoms with van der Waals surface area (Å²) in [5.74, 6) is 1.21. The van der Waals surface area contributed by atoms with E-state index in [1.807, 2.05) is 10.8 Å². The number of imidazole rings is 1. The second kappa shape index (κ2) is 3.59. The number of aryl methyl sites for hydroxylation is 1. The zero-order valence-corrected chi connectivity index (χ0v) is 7.84. The summed E-state index contributed by atoms with van der Waals surface area (Å²) in [4.78, 5) is 8.17. The lowest BCUT2D eigenvalue weighted by Gasteiger charge is -1.94. The normalized spacial score (nSPS) is 10.7. The molecule has 0 aromatic carbocycles. The lowest BCUT2D eigenvalue weighted by molar-refractivity contribution is 0.386. The van der Waals surface area contributed by atoms with Crippen molar-refractivity contribution in [2.75, 3.05) is 0 Å². The molecule has 0 saturated heterocycles. The summed E-state index contributed by atoms with van der Waals surface area (Å²) in [5, 5.41) is 3.78. The quantitative estimate of drug-likeness (QED) is 0.746. The molecular formula is C8H11N5O. The van der Waals surface area contributed by atoms with Crippen LogP contribution in [0.1, 0.15) is 17.4 Å². The fraction of sp³-hybridized carbons (Fsp3) is 0.375. The maximum absolute atomic E-state index is 5.44. The molecule has 0 atom stereocenters. The second-order valence-electron chi connectivity index (χ2n) is 2.97. The van der Waals surface area contributed by atoms with E-state index in [0.29, 0.717) is 24.8 Å². The van der Waals surface area contributed by atoms with Crippen LogP contribution in [-0.2, 0) is 13.1 Å². The summed E-state index contributed by atoms with van der Waals surface area (Å²) in [5.41, 5.74) is 6.29. The smallest absolute Gasteiger partial charge is 0.223 e. The molecule has 0 saturated carbocycles. The van der Waals surface area contributed by atoms with Crippen LogP contribution < -0.4 is 5.73 Å². The molecule has 6 heteroatoms. The van der Waals surface area contributed by atoms with Crippen molar-refractivity contribution in [1.29, 1.82) is 0 Å². The summed E-state index contributed by atoms with van der Waals surface area (Å²) in [7, 11) is 0. The number of nitrogens with two attached hydrogens (primary N) is 1. The molecule has 74 valence electrons. The van der Waals surface area contributed by atoms with E-state index in [2.05, 4.69) is 15.1 Å². The van der Waals surface area contributed by atoms with Gasteiger partial charge in [0, 0.05) is 19.7 Å². The highest BCUT2D eigenvalue weighted by Gasteiger charge is 2.03. The Hall–Kier alpha value is -1.69. The van der Waals surface area contributed by atoms with Gasteiger partial charge in [-0.05, 0) is 0 Å². The molecule has 2 N–H and O–H groups in total. The van der Waals surface area contributed by atoms with Crippen molar-refractivity contribution in [3.8, 4) is 0 Å². The first-order chi connectivity index (χ1) is 6.78. The molecule has 2 rings (SSSR count). The summed E-state index contributed by atoms with van der Waals surface area (Å²) < 4.78 is 6.72. The van der Waals surface area contributed by atoms with Crippen LogP contribution in [0.2, 0.25) is 0 Å². The molecule has 2 heterocycles. The van der Waals surface area contributed by atoms with Crippen molar-refractivity contribution in [3.63, 3.8) is 0 Å². The van der Waals surface area contributed by atoms with E-state index in [1.165, 1.54) is 0 Å². The van der Waals surface area contributed by atoms with Gasteiger partial charge in [-0.15, -0.1) is 0 Å². The van der Waals surface area contributed by atoms with Crippen LogP contribution >= 0.6 is 0 Å². The predicted molar refractivity (Wildman–Crippen MR) is 48.3 cm³/mol. The van der Waals surface area contributed by atoms with Gasteiger partial charge < -0.3 is 14.8 Å². The van der Waals surface area contributed by atoms with Crippen molar-refractivity contribution >= 4 is 0 Å². The van der Waals surface area contributed by atoms with E-state index in [9.17, 15) is 0 Å². The third kappa shape index (κ3) is 1.80. The number of aromatic nitrogens is 4. The zero-order valence-electron chi connectivity index (χ0n) is 7.84. The van der Waals surface area contributed by atoms with E-state index in [1.54, 1.807) is 13.3 Å². The standard InChI is InChI=1S/C8H11N5O/c1-6-11-8(12-14-6)4-13-3-7(2-9)10-5-13/h3,5H,2,4,9H2,1H3. The van der Waals surface area contributed by atoms with Gasteiger partial charge in [0.15, 0.2) is 5.82 Å². The summed E-state index contributed by atoms with van der Waals surface area (Å²) in [6.07, 6.45) is 3.57. The first kappa shape index (κ1) is 8.89. The minimum Gasteiger partial charge on any atom is -0.340 e. The van der Waals surface area contributed by atoms with Gasteiger partial charge in [-0.2, -0.15) is 4.98 Å². The first-order valence-electron chi connectivity index (χ1n) is 4.28. The zero-order chi connectivity index (χ0) is 9.97. The Morgan fingerprint density at radius 1 is 1.57 bits per heavy atom. The van der Waals surface area contributed by atoms with Crippen molar-refractivity contribution < 1.29 is 4.52 Å². The van der Waals surface area contributed by atoms with Crippen molar-refractivity contribution in [3.05, 3.63) is 29.9 Å². The number of hydrogen-bond acceptors (Lipinski definition) is 5. The maximum atomic E-state index is 5.44. The molecule has 2 aromatic rings. The van der Waals surface area contributed by atoms with E-state index in [4.69, 9.17) is 10.3 Å². The molecule has 0 unspecified atom stereocenters. The van der Waals surface area contributed by atoms with Crippen molar-refractivity contribution in [2.45, 2.75) is 20.0 Å². The molecule has 0 aliphatic carbocycles. The van der Waals surface area contributed by atoms with Gasteiger partial charge in [-0.1, -0.05) is 5.16 Å². The Kier molecular flexibility index (Phi) is 2.28. The van der Waals surface area contributed by atoms with Gasteiger partial charge >= 0.3 is 0 Å². The minimum atomic E-state index is 0.443. The number of hydrogen-bond donors (Lipinski definition) is 1. The molecule has 0 amide bonds. The lowest BCUT2D eigenvalue weighted by Crippen LogP contribution is -1.99. The fourth-order valence-corrected chi connectivity index (χ4v) is 1.17. The topological polar surface area (TPSA) is 82.8 Å². The van der Waals surface area contributed by atoms with Crippen LogP contribution in [-0.4, -0.2) is 19.7 Å². The SMILES string of the molecule is Cc1nc(Cn2cnc(CN)c2)no1. The van der Waals surface area contributed by atoms with Gasteiger partial charge in [-0.3, -0.25) is 0 Å². The van der Waals surface area contributed by atoms with E-state index in [0.717, 1.165) is 5.69 Å². The average molecular weight is 193 g/mol. The van der Waals surface area contributed by atoms with Gasteiger partial charge in [0.1, 0.15) is 0 Å². The summed E-state index contributed by atoms with van der Waals surface area (Å²) >= 11 is 0. The number of rotatable bonds is 3. The molecule has 6 nitrogen and oxygen atoms in total. The highest BCUT2D eigenvalue weighted by atomic mass is 16.5. The lowest BCUT2D eigenvalue weighted by atomic mass is 10.5. The van der Waals surface area contributed by atoms with Crippen molar-refractivity contribution in [1.82, 2.24) is 19.7 Å². The minimum absolute atomic E-state index is 0.443. The average Bonchev–Trinajstić information content (AvgIpc) is 2.76. The Morgan fingerprint density at radius 2 is 2.43 bits per heavy atom. The van der Waals surface area contributed by atoms with Gasteiger partial charge in [0.05, 0.1) is 18.6 Å².